The molecule has 0 aliphatic rings. The average Bonchev–Trinajstić information content (AvgIpc) is 2.20. The summed E-state index contributed by atoms with van der Waals surface area (Å²) < 4.78 is 0. The number of nitrogen functional groups attached to an aromatic ring is 1. The van der Waals surface area contributed by atoms with Gasteiger partial charge in [-0.1, -0.05) is 20.8 Å². The largest absolute Gasteiger partial charge is 0.400 e. The minimum absolute atomic E-state index is 0.126. The Labute approximate surface area is 102 Å². The number of aromatic nitrogens is 1. The molecule has 0 bridgehead atoms. The molecule has 1 aromatic heterocycles. The zero-order valence-corrected chi connectivity index (χ0v) is 10.9. The molecule has 1 aromatic rings. The van der Waals surface area contributed by atoms with Gasteiger partial charge in [-0.15, -0.1) is 0 Å². The smallest absolute Gasteiger partial charge is 0.0801 e. The summed E-state index contributed by atoms with van der Waals surface area (Å²) in [6, 6.07) is 1.77. The second-order valence-electron chi connectivity index (χ2n) is 5.11. The van der Waals surface area contributed by atoms with Crippen molar-refractivity contribution in [3.63, 3.8) is 0 Å². The van der Waals surface area contributed by atoms with E-state index >= 15 is 0 Å². The molecule has 0 unspecified atom stereocenters. The fourth-order valence-electron chi connectivity index (χ4n) is 1.21. The molecule has 1 rings (SSSR count). The van der Waals surface area contributed by atoms with Gasteiger partial charge in [-0.25, -0.2) is 5.84 Å². The lowest BCUT2D eigenvalue weighted by atomic mass is 9.93. The minimum Gasteiger partial charge on any atom is -0.400 e. The molecule has 0 atom stereocenters. The van der Waals surface area contributed by atoms with Crippen molar-refractivity contribution >= 4 is 11.4 Å². The summed E-state index contributed by atoms with van der Waals surface area (Å²) in [5, 5.41) is 1.46. The molecule has 0 aliphatic heterocycles. The van der Waals surface area contributed by atoms with Crippen molar-refractivity contribution in [2.45, 2.75) is 27.7 Å². The Bertz CT molecular complexity index is 431. The number of aryl methyl sites for hydroxylation is 1. The van der Waals surface area contributed by atoms with Crippen LogP contribution in [0.3, 0.4) is 0 Å². The van der Waals surface area contributed by atoms with Crippen LogP contribution < -0.4 is 22.3 Å². The highest BCUT2D eigenvalue weighted by Gasteiger charge is 2.15. The van der Waals surface area contributed by atoms with E-state index in [0.29, 0.717) is 11.4 Å². The quantitative estimate of drug-likeness (QED) is 0.533. The topological polar surface area (TPSA) is 94.2 Å². The zero-order valence-electron chi connectivity index (χ0n) is 10.9. The normalized spacial score (nSPS) is 12.6. The van der Waals surface area contributed by atoms with Crippen molar-refractivity contribution in [2.24, 2.45) is 17.0 Å². The SMILES string of the molecule is Cc1ncc(N)cc1N(N)/C=C(\N)C(C)(C)C. The summed E-state index contributed by atoms with van der Waals surface area (Å²) in [5.74, 6) is 5.94. The van der Waals surface area contributed by atoms with Crippen LogP contribution in [0.5, 0.6) is 0 Å². The van der Waals surface area contributed by atoms with E-state index in [1.54, 1.807) is 18.5 Å². The molecule has 0 aliphatic carbocycles. The number of nitrogens with two attached hydrogens (primary N) is 3. The van der Waals surface area contributed by atoms with Gasteiger partial charge in [0.05, 0.1) is 23.3 Å². The number of rotatable bonds is 2. The second kappa shape index (κ2) is 4.63. The van der Waals surface area contributed by atoms with E-state index in [1.807, 2.05) is 27.7 Å². The number of nitrogens with zero attached hydrogens (tertiary/aromatic N) is 2. The molecule has 0 radical (unpaired) electrons. The second-order valence-corrected chi connectivity index (χ2v) is 5.11. The Morgan fingerprint density at radius 3 is 2.53 bits per heavy atom. The Hall–Kier alpha value is -1.75. The molecular formula is C12H21N5. The summed E-state index contributed by atoms with van der Waals surface area (Å²) in [7, 11) is 0. The third-order valence-electron chi connectivity index (χ3n) is 2.50. The molecule has 1 heterocycles. The number of hydrogen-bond acceptors (Lipinski definition) is 5. The van der Waals surface area contributed by atoms with Crippen LogP contribution in [0.4, 0.5) is 11.4 Å². The van der Waals surface area contributed by atoms with Gasteiger partial charge in [0.25, 0.3) is 0 Å². The van der Waals surface area contributed by atoms with Gasteiger partial charge < -0.3 is 11.5 Å². The number of anilines is 2. The van der Waals surface area contributed by atoms with Gasteiger partial charge in [0.15, 0.2) is 0 Å². The summed E-state index contributed by atoms with van der Waals surface area (Å²) >= 11 is 0. The van der Waals surface area contributed by atoms with Crippen molar-refractivity contribution in [3.05, 3.63) is 29.9 Å². The first-order chi connectivity index (χ1) is 7.71. The molecule has 17 heavy (non-hydrogen) atoms. The summed E-state index contributed by atoms with van der Waals surface area (Å²) in [6.07, 6.45) is 3.30. The fourth-order valence-corrected chi connectivity index (χ4v) is 1.21. The van der Waals surface area contributed by atoms with Crippen LogP contribution in [0.2, 0.25) is 0 Å². The van der Waals surface area contributed by atoms with Crippen LogP contribution >= 0.6 is 0 Å². The molecule has 0 amide bonds. The van der Waals surface area contributed by atoms with E-state index in [0.717, 1.165) is 11.4 Å². The number of hydrogen-bond donors (Lipinski definition) is 3. The average molecular weight is 235 g/mol. The Morgan fingerprint density at radius 2 is 2.00 bits per heavy atom. The van der Waals surface area contributed by atoms with Crippen LogP contribution in [0.1, 0.15) is 26.5 Å². The highest BCUT2D eigenvalue weighted by molar-refractivity contribution is 5.58. The predicted molar refractivity (Wildman–Crippen MR) is 71.8 cm³/mol. The highest BCUT2D eigenvalue weighted by atomic mass is 15.4. The van der Waals surface area contributed by atoms with Crippen molar-refractivity contribution in [3.8, 4) is 0 Å². The molecule has 94 valence electrons. The zero-order chi connectivity index (χ0) is 13.2. The molecule has 5 heteroatoms. The van der Waals surface area contributed by atoms with Crippen LogP contribution in [0, 0.1) is 12.3 Å². The van der Waals surface area contributed by atoms with E-state index in [2.05, 4.69) is 4.98 Å². The first-order valence-electron chi connectivity index (χ1n) is 5.45. The van der Waals surface area contributed by atoms with Crippen LogP contribution in [-0.4, -0.2) is 4.98 Å². The first-order valence-corrected chi connectivity index (χ1v) is 5.45. The third-order valence-corrected chi connectivity index (χ3v) is 2.50. The van der Waals surface area contributed by atoms with E-state index in [9.17, 15) is 0 Å². The predicted octanol–water partition coefficient (Wildman–Crippen LogP) is 1.50. The Morgan fingerprint density at radius 1 is 1.41 bits per heavy atom. The van der Waals surface area contributed by atoms with Gasteiger partial charge >= 0.3 is 0 Å². The fraction of sp³-hybridized carbons (Fsp3) is 0.417. The lowest BCUT2D eigenvalue weighted by molar-refractivity contribution is 0.495. The summed E-state index contributed by atoms with van der Waals surface area (Å²) in [5.41, 5.74) is 14.3. The summed E-state index contributed by atoms with van der Waals surface area (Å²) in [6.45, 7) is 7.95. The Kier molecular flexibility index (Phi) is 3.63. The maximum absolute atomic E-state index is 5.96. The molecule has 6 N–H and O–H groups in total. The van der Waals surface area contributed by atoms with Crippen molar-refractivity contribution in [1.29, 1.82) is 0 Å². The van der Waals surface area contributed by atoms with Gasteiger partial charge in [0.2, 0.25) is 0 Å². The van der Waals surface area contributed by atoms with Crippen molar-refractivity contribution in [2.75, 3.05) is 10.7 Å². The molecule has 5 nitrogen and oxygen atoms in total. The maximum atomic E-state index is 5.96. The highest BCUT2D eigenvalue weighted by Crippen LogP contribution is 2.23. The molecule has 0 spiro atoms. The Balaban J connectivity index is 3.05. The lowest BCUT2D eigenvalue weighted by Crippen LogP contribution is -2.30. The standard InChI is InChI=1S/C12H21N5/c1-8-10(5-9(13)6-16-8)17(15)7-11(14)12(2,3)4/h5-7H,13-15H2,1-4H3/b11-7-. The lowest BCUT2D eigenvalue weighted by Gasteiger charge is -2.23. The first kappa shape index (κ1) is 13.3. The third kappa shape index (κ3) is 3.35. The van der Waals surface area contributed by atoms with E-state index in [1.165, 1.54) is 5.01 Å². The van der Waals surface area contributed by atoms with Crippen LogP contribution in [0.15, 0.2) is 24.2 Å². The molecule has 0 aromatic carbocycles. The number of allylic oxidation sites excluding steroid dienone is 1. The van der Waals surface area contributed by atoms with E-state index < -0.39 is 0 Å². The van der Waals surface area contributed by atoms with Crippen molar-refractivity contribution in [1.82, 2.24) is 4.98 Å². The van der Waals surface area contributed by atoms with Gasteiger partial charge in [0.1, 0.15) is 0 Å². The number of pyridine rings is 1. The van der Waals surface area contributed by atoms with Gasteiger partial charge in [-0.05, 0) is 13.0 Å². The van der Waals surface area contributed by atoms with Crippen molar-refractivity contribution < 1.29 is 0 Å². The van der Waals surface area contributed by atoms with E-state index in [-0.39, 0.29) is 5.41 Å². The van der Waals surface area contributed by atoms with E-state index in [4.69, 9.17) is 17.3 Å². The monoisotopic (exact) mass is 235 g/mol. The maximum Gasteiger partial charge on any atom is 0.0801 e. The van der Waals surface area contributed by atoms with Crippen LogP contribution in [-0.2, 0) is 0 Å². The van der Waals surface area contributed by atoms with Gasteiger partial charge in [-0.2, -0.15) is 0 Å². The molecular weight excluding hydrogens is 214 g/mol. The number of hydrazine groups is 1. The summed E-state index contributed by atoms with van der Waals surface area (Å²) in [4.78, 5) is 4.15. The minimum atomic E-state index is -0.126. The van der Waals surface area contributed by atoms with Gasteiger partial charge in [0, 0.05) is 17.3 Å². The molecule has 0 fully saturated rings. The molecule has 0 saturated carbocycles. The molecule has 0 saturated heterocycles. The van der Waals surface area contributed by atoms with Gasteiger partial charge in [-0.3, -0.25) is 9.99 Å². The van der Waals surface area contributed by atoms with Crippen LogP contribution in [0.25, 0.3) is 0 Å².